The Morgan fingerprint density at radius 2 is 2.05 bits per heavy atom. The summed E-state index contributed by atoms with van der Waals surface area (Å²) in [6.45, 7) is 7.31. The molecule has 1 heterocycles. The number of rotatable bonds is 7. The lowest BCUT2D eigenvalue weighted by molar-refractivity contribution is -0.384. The molecule has 0 aliphatic rings. The minimum atomic E-state index is -0.587. The third-order valence-electron chi connectivity index (χ3n) is 2.94. The van der Waals surface area contributed by atoms with Crippen LogP contribution in [0.1, 0.15) is 39.8 Å². The first kappa shape index (κ1) is 16.9. The lowest BCUT2D eigenvalue weighted by atomic mass is 10.2. The van der Waals surface area contributed by atoms with Crippen molar-refractivity contribution in [2.24, 2.45) is 7.05 Å². The fraction of sp³-hybridized carbons (Fsp3) is 0.692. The molecule has 1 atom stereocenters. The number of nitrogens with one attached hydrogen (secondary N) is 2. The van der Waals surface area contributed by atoms with E-state index in [1.54, 1.807) is 14.0 Å². The van der Waals surface area contributed by atoms with Crippen LogP contribution < -0.4 is 10.6 Å². The number of amides is 1. The van der Waals surface area contributed by atoms with E-state index >= 15 is 0 Å². The summed E-state index contributed by atoms with van der Waals surface area (Å²) in [5.41, 5.74) is 0.382. The maximum atomic E-state index is 11.9. The van der Waals surface area contributed by atoms with Gasteiger partial charge in [0.25, 0.3) is 0 Å². The number of aryl methyl sites for hydroxylation is 2. The van der Waals surface area contributed by atoms with Gasteiger partial charge in [-0.1, -0.05) is 13.3 Å². The van der Waals surface area contributed by atoms with Crippen LogP contribution in [0.3, 0.4) is 0 Å². The second-order valence-electron chi connectivity index (χ2n) is 5.30. The zero-order valence-electron chi connectivity index (χ0n) is 13.1. The first-order valence-corrected chi connectivity index (χ1v) is 7.05. The molecule has 0 aromatic carbocycles. The molecule has 1 rings (SSSR count). The number of carbonyl (C=O) groups excluding carboxylic acids is 1. The first-order valence-electron chi connectivity index (χ1n) is 7.05. The predicted molar refractivity (Wildman–Crippen MR) is 80.2 cm³/mol. The summed E-state index contributed by atoms with van der Waals surface area (Å²) in [6.07, 6.45) is 1.29. The van der Waals surface area contributed by atoms with Gasteiger partial charge in [0.2, 0.25) is 11.7 Å². The molecular formula is C13H23N5O3. The Balaban J connectivity index is 3.02. The van der Waals surface area contributed by atoms with Crippen LogP contribution in [-0.4, -0.2) is 32.7 Å². The highest BCUT2D eigenvalue weighted by Crippen LogP contribution is 2.29. The van der Waals surface area contributed by atoms with Gasteiger partial charge in [-0.05, 0) is 27.2 Å². The molecule has 8 nitrogen and oxygen atoms in total. The Hall–Kier alpha value is -2.12. The quantitative estimate of drug-likeness (QED) is 0.588. The van der Waals surface area contributed by atoms with E-state index in [-0.39, 0.29) is 23.5 Å². The van der Waals surface area contributed by atoms with Crippen LogP contribution in [0, 0.1) is 10.1 Å². The van der Waals surface area contributed by atoms with Crippen molar-refractivity contribution < 1.29 is 9.72 Å². The zero-order valence-corrected chi connectivity index (χ0v) is 13.1. The molecule has 1 aromatic rings. The van der Waals surface area contributed by atoms with Crippen LogP contribution in [0.25, 0.3) is 0 Å². The van der Waals surface area contributed by atoms with E-state index in [2.05, 4.69) is 15.7 Å². The van der Waals surface area contributed by atoms with Crippen molar-refractivity contribution >= 4 is 17.4 Å². The van der Waals surface area contributed by atoms with Gasteiger partial charge in [-0.25, -0.2) is 4.68 Å². The van der Waals surface area contributed by atoms with Gasteiger partial charge in [0, 0.05) is 13.1 Å². The van der Waals surface area contributed by atoms with E-state index in [9.17, 15) is 14.9 Å². The van der Waals surface area contributed by atoms with Crippen LogP contribution in [0.15, 0.2) is 0 Å². The Morgan fingerprint density at radius 1 is 1.43 bits per heavy atom. The number of aromatic nitrogens is 2. The van der Waals surface area contributed by atoms with Gasteiger partial charge in [0.15, 0.2) is 0 Å². The summed E-state index contributed by atoms with van der Waals surface area (Å²) in [5.74, 6) is 0.0485. The number of hydrogen-bond acceptors (Lipinski definition) is 5. The molecule has 0 spiro atoms. The van der Waals surface area contributed by atoms with Crippen molar-refractivity contribution in [2.45, 2.75) is 52.6 Å². The molecule has 21 heavy (non-hydrogen) atoms. The van der Waals surface area contributed by atoms with Crippen LogP contribution in [0.4, 0.5) is 11.5 Å². The van der Waals surface area contributed by atoms with Crippen molar-refractivity contribution in [3.05, 3.63) is 15.8 Å². The fourth-order valence-electron chi connectivity index (χ4n) is 2.01. The average molecular weight is 297 g/mol. The number of anilines is 1. The van der Waals surface area contributed by atoms with Gasteiger partial charge in [-0.15, -0.1) is 0 Å². The topological polar surface area (TPSA) is 102 Å². The van der Waals surface area contributed by atoms with Crippen molar-refractivity contribution in [1.82, 2.24) is 15.1 Å². The standard InChI is InChI=1S/C13H23N5O3/c1-6-7-10-11(18(20)21)12(17(5)16-10)15-9(4)13(19)14-8(2)3/h8-9,15H,6-7H2,1-5H3,(H,14,19). The van der Waals surface area contributed by atoms with Crippen LogP contribution in [0.5, 0.6) is 0 Å². The summed E-state index contributed by atoms with van der Waals surface area (Å²) in [4.78, 5) is 22.7. The maximum absolute atomic E-state index is 11.9. The van der Waals surface area contributed by atoms with E-state index in [1.165, 1.54) is 4.68 Å². The summed E-state index contributed by atoms with van der Waals surface area (Å²) in [6, 6.07) is -0.574. The summed E-state index contributed by atoms with van der Waals surface area (Å²) in [5, 5.41) is 21.1. The number of hydrogen-bond donors (Lipinski definition) is 2. The highest BCUT2D eigenvalue weighted by atomic mass is 16.6. The third kappa shape index (κ3) is 4.17. The highest BCUT2D eigenvalue weighted by molar-refractivity contribution is 5.84. The normalized spacial score (nSPS) is 12.3. The van der Waals surface area contributed by atoms with E-state index < -0.39 is 11.0 Å². The average Bonchev–Trinajstić information content (AvgIpc) is 2.65. The molecule has 0 aliphatic heterocycles. The van der Waals surface area contributed by atoms with Gasteiger partial charge in [0.1, 0.15) is 11.7 Å². The molecule has 1 unspecified atom stereocenters. The SMILES string of the molecule is CCCc1nn(C)c(NC(C)C(=O)NC(C)C)c1[N+](=O)[O-]. The monoisotopic (exact) mass is 297 g/mol. The second-order valence-corrected chi connectivity index (χ2v) is 5.30. The predicted octanol–water partition coefficient (Wildman–Crippen LogP) is 1.61. The molecular weight excluding hydrogens is 274 g/mol. The highest BCUT2D eigenvalue weighted by Gasteiger charge is 2.28. The fourth-order valence-corrected chi connectivity index (χ4v) is 2.01. The van der Waals surface area contributed by atoms with Gasteiger partial charge in [-0.2, -0.15) is 5.10 Å². The van der Waals surface area contributed by atoms with E-state index in [0.29, 0.717) is 12.1 Å². The molecule has 1 aromatic heterocycles. The molecule has 0 saturated carbocycles. The smallest absolute Gasteiger partial charge is 0.334 e. The Labute approximate surface area is 124 Å². The zero-order chi connectivity index (χ0) is 16.2. The van der Waals surface area contributed by atoms with Crippen molar-refractivity contribution in [3.8, 4) is 0 Å². The minimum Gasteiger partial charge on any atom is -0.353 e. The van der Waals surface area contributed by atoms with Crippen molar-refractivity contribution in [3.63, 3.8) is 0 Å². The molecule has 8 heteroatoms. The summed E-state index contributed by atoms with van der Waals surface area (Å²) >= 11 is 0. The molecule has 0 aliphatic carbocycles. The van der Waals surface area contributed by atoms with Crippen LogP contribution >= 0.6 is 0 Å². The van der Waals surface area contributed by atoms with Gasteiger partial charge in [-0.3, -0.25) is 14.9 Å². The molecule has 0 fully saturated rings. The van der Waals surface area contributed by atoms with E-state index in [4.69, 9.17) is 0 Å². The molecule has 2 N–H and O–H groups in total. The van der Waals surface area contributed by atoms with E-state index in [1.807, 2.05) is 20.8 Å². The van der Waals surface area contributed by atoms with Crippen molar-refractivity contribution in [2.75, 3.05) is 5.32 Å². The summed E-state index contributed by atoms with van der Waals surface area (Å²) in [7, 11) is 1.63. The van der Waals surface area contributed by atoms with Crippen LogP contribution in [-0.2, 0) is 18.3 Å². The van der Waals surface area contributed by atoms with Crippen LogP contribution in [0.2, 0.25) is 0 Å². The number of nitrogens with zero attached hydrogens (tertiary/aromatic N) is 3. The third-order valence-corrected chi connectivity index (χ3v) is 2.94. The lowest BCUT2D eigenvalue weighted by Crippen LogP contribution is -2.41. The van der Waals surface area contributed by atoms with Crippen molar-refractivity contribution in [1.29, 1.82) is 0 Å². The molecule has 0 radical (unpaired) electrons. The number of carbonyl (C=O) groups is 1. The van der Waals surface area contributed by atoms with E-state index in [0.717, 1.165) is 6.42 Å². The van der Waals surface area contributed by atoms with Gasteiger partial charge in [0.05, 0.1) is 4.92 Å². The Kier molecular flexibility index (Phi) is 5.69. The van der Waals surface area contributed by atoms with Gasteiger partial charge >= 0.3 is 5.69 Å². The summed E-state index contributed by atoms with van der Waals surface area (Å²) < 4.78 is 1.42. The molecule has 118 valence electrons. The Bertz CT molecular complexity index is 524. The molecule has 0 saturated heterocycles. The lowest BCUT2D eigenvalue weighted by Gasteiger charge is -2.16. The first-order chi connectivity index (χ1) is 9.77. The largest absolute Gasteiger partial charge is 0.353 e. The van der Waals surface area contributed by atoms with Gasteiger partial charge < -0.3 is 10.6 Å². The maximum Gasteiger partial charge on any atom is 0.334 e. The number of nitro groups is 1. The second kappa shape index (κ2) is 7.05. The molecule has 0 bridgehead atoms. The minimum absolute atomic E-state index is 0.0129. The Morgan fingerprint density at radius 3 is 2.52 bits per heavy atom. The molecule has 1 amide bonds.